The number of nitrogens with one attached hydrogen (secondary N) is 2. The number of fused-ring (bicyclic) bond motifs is 1. The standard InChI is InChI=1S/C16H20N6O4S/c1-21(2)11-8-15(20-18-10-11)17-6-7-19-27(24,25)12-4-5-14-13(9-12)22(3)16(23)26-14/h4-5,8-10,19H,6-7H2,1-3H3,(H,17,20). The van der Waals surface area contributed by atoms with Crippen LogP contribution in [-0.2, 0) is 17.1 Å². The number of benzene rings is 1. The van der Waals surface area contributed by atoms with Crippen molar-refractivity contribution in [2.24, 2.45) is 7.05 Å². The molecule has 2 aromatic heterocycles. The van der Waals surface area contributed by atoms with Crippen molar-refractivity contribution in [2.75, 3.05) is 37.4 Å². The molecular formula is C16H20N6O4S. The fraction of sp³-hybridized carbons (Fsp3) is 0.312. The molecule has 27 heavy (non-hydrogen) atoms. The lowest BCUT2D eigenvalue weighted by Gasteiger charge is -2.13. The van der Waals surface area contributed by atoms with E-state index in [0.29, 0.717) is 23.5 Å². The molecule has 11 heteroatoms. The largest absolute Gasteiger partial charge is 0.419 e. The van der Waals surface area contributed by atoms with Crippen molar-refractivity contribution in [1.82, 2.24) is 19.5 Å². The van der Waals surface area contributed by atoms with Gasteiger partial charge in [-0.25, -0.2) is 17.9 Å². The van der Waals surface area contributed by atoms with Crippen molar-refractivity contribution in [3.8, 4) is 0 Å². The van der Waals surface area contributed by atoms with Crippen molar-refractivity contribution in [3.05, 3.63) is 41.0 Å². The summed E-state index contributed by atoms with van der Waals surface area (Å²) in [7, 11) is 1.57. The van der Waals surface area contributed by atoms with E-state index in [4.69, 9.17) is 4.42 Å². The number of anilines is 2. The molecule has 0 aliphatic rings. The molecule has 0 bridgehead atoms. The highest BCUT2D eigenvalue weighted by Crippen LogP contribution is 2.18. The van der Waals surface area contributed by atoms with Crippen LogP contribution < -0.4 is 20.7 Å². The molecule has 3 rings (SSSR count). The maximum Gasteiger partial charge on any atom is 0.419 e. The summed E-state index contributed by atoms with van der Waals surface area (Å²) in [4.78, 5) is 13.5. The molecule has 2 heterocycles. The quantitative estimate of drug-likeness (QED) is 0.553. The number of rotatable bonds is 7. The number of hydrogen-bond acceptors (Lipinski definition) is 8. The third kappa shape index (κ3) is 4.09. The van der Waals surface area contributed by atoms with Gasteiger partial charge in [-0.1, -0.05) is 0 Å². The van der Waals surface area contributed by atoms with E-state index in [0.717, 1.165) is 5.69 Å². The lowest BCUT2D eigenvalue weighted by atomic mass is 10.3. The highest BCUT2D eigenvalue weighted by atomic mass is 32.2. The smallest absolute Gasteiger partial charge is 0.408 e. The van der Waals surface area contributed by atoms with Gasteiger partial charge in [0.25, 0.3) is 0 Å². The van der Waals surface area contributed by atoms with Crippen LogP contribution >= 0.6 is 0 Å². The third-order valence-corrected chi connectivity index (χ3v) is 5.41. The van der Waals surface area contributed by atoms with Crippen LogP contribution in [0.1, 0.15) is 0 Å². The average molecular weight is 392 g/mol. The van der Waals surface area contributed by atoms with E-state index in [1.54, 1.807) is 6.20 Å². The molecule has 10 nitrogen and oxygen atoms in total. The first-order valence-corrected chi connectivity index (χ1v) is 9.59. The topological polar surface area (TPSA) is 122 Å². The monoisotopic (exact) mass is 392 g/mol. The third-order valence-electron chi connectivity index (χ3n) is 3.95. The number of hydrogen-bond donors (Lipinski definition) is 2. The van der Waals surface area contributed by atoms with Gasteiger partial charge >= 0.3 is 5.76 Å². The molecule has 0 saturated heterocycles. The van der Waals surface area contributed by atoms with Gasteiger partial charge in [-0.2, -0.15) is 5.10 Å². The number of oxazole rings is 1. The highest BCUT2D eigenvalue weighted by molar-refractivity contribution is 7.89. The fourth-order valence-corrected chi connectivity index (χ4v) is 3.47. The molecule has 0 atom stereocenters. The molecular weight excluding hydrogens is 372 g/mol. The summed E-state index contributed by atoms with van der Waals surface area (Å²) >= 11 is 0. The van der Waals surface area contributed by atoms with Crippen LogP contribution in [0, 0.1) is 0 Å². The maximum absolute atomic E-state index is 12.5. The molecule has 0 amide bonds. The van der Waals surface area contributed by atoms with Crippen LogP contribution in [0.4, 0.5) is 11.5 Å². The van der Waals surface area contributed by atoms with Gasteiger partial charge in [-0.05, 0) is 18.2 Å². The van der Waals surface area contributed by atoms with Gasteiger partial charge in [-0.3, -0.25) is 4.57 Å². The van der Waals surface area contributed by atoms with E-state index in [2.05, 4.69) is 20.2 Å². The van der Waals surface area contributed by atoms with E-state index < -0.39 is 15.8 Å². The summed E-state index contributed by atoms with van der Waals surface area (Å²) in [6.07, 6.45) is 1.63. The van der Waals surface area contributed by atoms with Crippen molar-refractivity contribution in [2.45, 2.75) is 4.90 Å². The Morgan fingerprint density at radius 3 is 2.74 bits per heavy atom. The van der Waals surface area contributed by atoms with E-state index >= 15 is 0 Å². The molecule has 0 fully saturated rings. The minimum absolute atomic E-state index is 0.0563. The molecule has 0 saturated carbocycles. The predicted octanol–water partition coefficient (Wildman–Crippen LogP) is 0.378. The first-order valence-electron chi connectivity index (χ1n) is 8.11. The Hall–Kier alpha value is -2.92. The van der Waals surface area contributed by atoms with Gasteiger partial charge in [0.05, 0.1) is 22.3 Å². The van der Waals surface area contributed by atoms with Gasteiger partial charge in [0.15, 0.2) is 11.4 Å². The van der Waals surface area contributed by atoms with Crippen molar-refractivity contribution < 1.29 is 12.8 Å². The Labute approximate surface area is 155 Å². The van der Waals surface area contributed by atoms with Crippen LogP contribution in [0.25, 0.3) is 11.1 Å². The molecule has 0 aliphatic carbocycles. The Morgan fingerprint density at radius 1 is 1.22 bits per heavy atom. The minimum atomic E-state index is -3.73. The lowest BCUT2D eigenvalue weighted by molar-refractivity contribution is 0.528. The van der Waals surface area contributed by atoms with Crippen molar-refractivity contribution >= 4 is 32.6 Å². The Morgan fingerprint density at radius 2 is 2.00 bits per heavy atom. The minimum Gasteiger partial charge on any atom is -0.408 e. The zero-order valence-electron chi connectivity index (χ0n) is 15.1. The molecule has 0 radical (unpaired) electrons. The zero-order valence-corrected chi connectivity index (χ0v) is 15.9. The summed E-state index contributed by atoms with van der Waals surface area (Å²) in [5, 5.41) is 10.9. The van der Waals surface area contributed by atoms with E-state index in [9.17, 15) is 13.2 Å². The van der Waals surface area contributed by atoms with Gasteiger partial charge < -0.3 is 14.6 Å². The van der Waals surface area contributed by atoms with E-state index in [1.165, 1.54) is 29.8 Å². The Bertz CT molecular complexity index is 1120. The first kappa shape index (κ1) is 18.9. The Kier molecular flexibility index (Phi) is 5.15. The maximum atomic E-state index is 12.5. The van der Waals surface area contributed by atoms with E-state index in [-0.39, 0.29) is 11.4 Å². The zero-order chi connectivity index (χ0) is 19.6. The van der Waals surface area contributed by atoms with Gasteiger partial charge in [0.2, 0.25) is 10.0 Å². The fourth-order valence-electron chi connectivity index (χ4n) is 2.42. The number of aromatic nitrogens is 3. The van der Waals surface area contributed by atoms with Crippen LogP contribution in [-0.4, -0.2) is 50.4 Å². The van der Waals surface area contributed by atoms with E-state index in [1.807, 2.05) is 25.1 Å². The van der Waals surface area contributed by atoms with Crippen LogP contribution in [0.2, 0.25) is 0 Å². The number of sulfonamides is 1. The SMILES string of the molecule is CN(C)c1cnnc(NCCNS(=O)(=O)c2ccc3oc(=O)n(C)c3c2)c1. The van der Waals surface area contributed by atoms with Crippen molar-refractivity contribution in [3.63, 3.8) is 0 Å². The predicted molar refractivity (Wildman–Crippen MR) is 101 cm³/mol. The van der Waals surface area contributed by atoms with Crippen LogP contribution in [0.3, 0.4) is 0 Å². The number of nitrogens with zero attached hydrogens (tertiary/aromatic N) is 4. The molecule has 0 aliphatic heterocycles. The molecule has 0 unspecified atom stereocenters. The molecule has 144 valence electrons. The van der Waals surface area contributed by atoms with Gasteiger partial charge in [0, 0.05) is 40.3 Å². The second kappa shape index (κ2) is 7.37. The summed E-state index contributed by atoms with van der Waals surface area (Å²) in [6.45, 7) is 0.482. The van der Waals surface area contributed by atoms with Crippen LogP contribution in [0.15, 0.2) is 44.6 Å². The second-order valence-electron chi connectivity index (χ2n) is 6.07. The molecule has 1 aromatic carbocycles. The second-order valence-corrected chi connectivity index (χ2v) is 7.84. The van der Waals surface area contributed by atoms with Crippen molar-refractivity contribution in [1.29, 1.82) is 0 Å². The first-order chi connectivity index (χ1) is 12.8. The average Bonchev–Trinajstić information content (AvgIpc) is 2.93. The van der Waals surface area contributed by atoms with Gasteiger partial charge in [-0.15, -0.1) is 5.10 Å². The summed E-state index contributed by atoms with van der Waals surface area (Å²) in [5.74, 6) is 0.00739. The Balaban J connectivity index is 1.64. The molecule has 0 spiro atoms. The number of aryl methyl sites for hydroxylation is 1. The molecule has 2 N–H and O–H groups in total. The van der Waals surface area contributed by atoms with Gasteiger partial charge in [0.1, 0.15) is 0 Å². The summed E-state index contributed by atoms with van der Waals surface area (Å²) < 4.78 is 33.7. The molecule has 3 aromatic rings. The lowest BCUT2D eigenvalue weighted by Crippen LogP contribution is -2.29. The highest BCUT2D eigenvalue weighted by Gasteiger charge is 2.16. The van der Waals surface area contributed by atoms with Crippen LogP contribution in [0.5, 0.6) is 0 Å². The summed E-state index contributed by atoms with van der Waals surface area (Å²) in [5.41, 5.74) is 1.63. The normalized spacial score (nSPS) is 11.7. The summed E-state index contributed by atoms with van der Waals surface area (Å²) in [6, 6.07) is 6.08.